The summed E-state index contributed by atoms with van der Waals surface area (Å²) in [7, 11) is -0.648. The second-order valence-corrected chi connectivity index (χ2v) is 7.55. The minimum absolute atomic E-state index is 0.142. The molecule has 0 aliphatic heterocycles. The topological polar surface area (TPSA) is 64.6 Å². The SMILES string of the molecule is COc1ccc(C)cc1NS(=O)(=O)c1ccc(OC)c(C(C)C)c1. The molecule has 0 amide bonds. The van der Waals surface area contributed by atoms with E-state index in [-0.39, 0.29) is 10.8 Å². The highest BCUT2D eigenvalue weighted by Crippen LogP contribution is 2.31. The molecule has 0 aliphatic rings. The Labute approximate surface area is 143 Å². The quantitative estimate of drug-likeness (QED) is 0.858. The molecule has 0 saturated heterocycles. The zero-order valence-corrected chi connectivity index (χ0v) is 15.4. The van der Waals surface area contributed by atoms with Crippen molar-refractivity contribution >= 4 is 15.7 Å². The lowest BCUT2D eigenvalue weighted by molar-refractivity contribution is 0.407. The van der Waals surface area contributed by atoms with Gasteiger partial charge in [-0.05, 0) is 54.3 Å². The predicted octanol–water partition coefficient (Wildman–Crippen LogP) is 3.94. The number of hydrogen-bond donors (Lipinski definition) is 1. The largest absolute Gasteiger partial charge is 0.496 e. The number of benzene rings is 2. The van der Waals surface area contributed by atoms with Crippen LogP contribution in [0.2, 0.25) is 0 Å². The fraction of sp³-hybridized carbons (Fsp3) is 0.333. The van der Waals surface area contributed by atoms with Crippen LogP contribution in [-0.2, 0) is 10.0 Å². The van der Waals surface area contributed by atoms with Crippen LogP contribution in [0.5, 0.6) is 11.5 Å². The van der Waals surface area contributed by atoms with Crippen molar-refractivity contribution < 1.29 is 17.9 Å². The molecule has 0 atom stereocenters. The summed E-state index contributed by atoms with van der Waals surface area (Å²) in [6.45, 7) is 5.87. The predicted molar refractivity (Wildman–Crippen MR) is 95.6 cm³/mol. The molecule has 2 aromatic carbocycles. The molecule has 0 spiro atoms. The maximum atomic E-state index is 12.7. The van der Waals surface area contributed by atoms with Gasteiger partial charge in [-0.2, -0.15) is 0 Å². The second-order valence-electron chi connectivity index (χ2n) is 5.87. The average Bonchev–Trinajstić information content (AvgIpc) is 2.54. The van der Waals surface area contributed by atoms with E-state index in [2.05, 4.69) is 4.72 Å². The summed E-state index contributed by atoms with van der Waals surface area (Å²) in [4.78, 5) is 0.190. The Balaban J connectivity index is 2.45. The van der Waals surface area contributed by atoms with Crippen LogP contribution in [0.1, 0.15) is 30.9 Å². The fourth-order valence-electron chi connectivity index (χ4n) is 2.44. The Morgan fingerprint density at radius 1 is 0.958 bits per heavy atom. The molecule has 0 radical (unpaired) electrons. The molecular weight excluding hydrogens is 326 g/mol. The molecule has 0 heterocycles. The van der Waals surface area contributed by atoms with E-state index in [0.717, 1.165) is 11.1 Å². The molecule has 0 unspecified atom stereocenters. The van der Waals surface area contributed by atoms with Gasteiger partial charge >= 0.3 is 0 Å². The summed E-state index contributed by atoms with van der Waals surface area (Å²) >= 11 is 0. The first-order valence-corrected chi connectivity index (χ1v) is 9.12. The van der Waals surface area contributed by atoms with Gasteiger partial charge in [0.15, 0.2) is 0 Å². The Hall–Kier alpha value is -2.21. The van der Waals surface area contributed by atoms with Crippen LogP contribution in [0, 0.1) is 6.92 Å². The highest BCUT2D eigenvalue weighted by atomic mass is 32.2. The van der Waals surface area contributed by atoms with E-state index in [0.29, 0.717) is 17.2 Å². The van der Waals surface area contributed by atoms with E-state index < -0.39 is 10.0 Å². The molecule has 5 nitrogen and oxygen atoms in total. The average molecular weight is 349 g/mol. The molecule has 130 valence electrons. The number of methoxy groups -OCH3 is 2. The van der Waals surface area contributed by atoms with Crippen LogP contribution >= 0.6 is 0 Å². The molecule has 6 heteroatoms. The molecule has 2 rings (SSSR count). The number of anilines is 1. The number of aryl methyl sites for hydroxylation is 1. The monoisotopic (exact) mass is 349 g/mol. The van der Waals surface area contributed by atoms with Crippen molar-refractivity contribution in [3.63, 3.8) is 0 Å². The highest BCUT2D eigenvalue weighted by Gasteiger charge is 2.19. The molecule has 0 fully saturated rings. The zero-order chi connectivity index (χ0) is 17.9. The van der Waals surface area contributed by atoms with E-state index >= 15 is 0 Å². The van der Waals surface area contributed by atoms with Crippen molar-refractivity contribution in [2.45, 2.75) is 31.6 Å². The summed E-state index contributed by atoms with van der Waals surface area (Å²) in [5, 5.41) is 0. The first-order chi connectivity index (χ1) is 11.3. The summed E-state index contributed by atoms with van der Waals surface area (Å²) < 4.78 is 38.6. The van der Waals surface area contributed by atoms with Crippen LogP contribution < -0.4 is 14.2 Å². The Morgan fingerprint density at radius 3 is 2.17 bits per heavy atom. The minimum Gasteiger partial charge on any atom is -0.496 e. The Morgan fingerprint density at radius 2 is 1.58 bits per heavy atom. The Kier molecular flexibility index (Phi) is 5.39. The van der Waals surface area contributed by atoms with Crippen molar-refractivity contribution in [2.75, 3.05) is 18.9 Å². The van der Waals surface area contributed by atoms with E-state index in [1.165, 1.54) is 13.2 Å². The van der Waals surface area contributed by atoms with E-state index in [1.807, 2.05) is 26.8 Å². The van der Waals surface area contributed by atoms with Gasteiger partial charge in [-0.15, -0.1) is 0 Å². The van der Waals surface area contributed by atoms with Gasteiger partial charge < -0.3 is 9.47 Å². The number of sulfonamides is 1. The molecule has 2 aromatic rings. The first kappa shape index (κ1) is 18.1. The van der Waals surface area contributed by atoms with Gasteiger partial charge in [-0.1, -0.05) is 19.9 Å². The molecule has 0 saturated carbocycles. The van der Waals surface area contributed by atoms with E-state index in [4.69, 9.17) is 9.47 Å². The maximum Gasteiger partial charge on any atom is 0.262 e. The summed E-state index contributed by atoms with van der Waals surface area (Å²) in [5.41, 5.74) is 2.20. The van der Waals surface area contributed by atoms with Gasteiger partial charge in [0.1, 0.15) is 11.5 Å². The van der Waals surface area contributed by atoms with E-state index in [9.17, 15) is 8.42 Å². The Bertz CT molecular complexity index is 829. The summed E-state index contributed by atoms with van der Waals surface area (Å²) in [6, 6.07) is 10.2. The summed E-state index contributed by atoms with van der Waals surface area (Å²) in [6.07, 6.45) is 0. The standard InChI is InChI=1S/C18H23NO4S/c1-12(2)15-11-14(7-9-17(15)22-4)24(20,21)19-16-10-13(3)6-8-18(16)23-5/h6-12,19H,1-5H3. The van der Waals surface area contributed by atoms with Crippen LogP contribution in [0.4, 0.5) is 5.69 Å². The molecule has 0 aliphatic carbocycles. The van der Waals surface area contributed by atoms with Gasteiger partial charge in [-0.25, -0.2) is 8.42 Å². The normalized spacial score (nSPS) is 11.4. The first-order valence-electron chi connectivity index (χ1n) is 7.64. The van der Waals surface area contributed by atoms with Crippen LogP contribution in [0.25, 0.3) is 0 Å². The van der Waals surface area contributed by atoms with Crippen molar-refractivity contribution in [1.82, 2.24) is 0 Å². The van der Waals surface area contributed by atoms with Gasteiger partial charge in [0.05, 0.1) is 24.8 Å². The molecule has 24 heavy (non-hydrogen) atoms. The third-order valence-electron chi connectivity index (χ3n) is 3.73. The van der Waals surface area contributed by atoms with Crippen LogP contribution in [0.15, 0.2) is 41.3 Å². The molecule has 0 bridgehead atoms. The van der Waals surface area contributed by atoms with Gasteiger partial charge in [0, 0.05) is 0 Å². The maximum absolute atomic E-state index is 12.7. The zero-order valence-electron chi connectivity index (χ0n) is 14.6. The molecule has 0 aromatic heterocycles. The number of hydrogen-bond acceptors (Lipinski definition) is 4. The van der Waals surface area contributed by atoms with Gasteiger partial charge in [0.25, 0.3) is 10.0 Å². The highest BCUT2D eigenvalue weighted by molar-refractivity contribution is 7.92. The second kappa shape index (κ2) is 7.13. The van der Waals surface area contributed by atoms with E-state index in [1.54, 1.807) is 31.4 Å². The lowest BCUT2D eigenvalue weighted by Crippen LogP contribution is -2.14. The van der Waals surface area contributed by atoms with Crippen molar-refractivity contribution in [3.05, 3.63) is 47.5 Å². The third-order valence-corrected chi connectivity index (χ3v) is 5.10. The van der Waals surface area contributed by atoms with Crippen LogP contribution in [0.3, 0.4) is 0 Å². The van der Waals surface area contributed by atoms with Crippen LogP contribution in [-0.4, -0.2) is 22.6 Å². The van der Waals surface area contributed by atoms with Crippen molar-refractivity contribution in [3.8, 4) is 11.5 Å². The molecular formula is C18H23NO4S. The number of nitrogens with one attached hydrogen (secondary N) is 1. The molecule has 1 N–H and O–H groups in total. The number of ether oxygens (including phenoxy) is 2. The van der Waals surface area contributed by atoms with Gasteiger partial charge in [0.2, 0.25) is 0 Å². The number of rotatable bonds is 6. The minimum atomic E-state index is -3.73. The lowest BCUT2D eigenvalue weighted by Gasteiger charge is -2.16. The lowest BCUT2D eigenvalue weighted by atomic mass is 10.0. The smallest absolute Gasteiger partial charge is 0.262 e. The van der Waals surface area contributed by atoms with Gasteiger partial charge in [-0.3, -0.25) is 4.72 Å². The van der Waals surface area contributed by atoms with Crippen molar-refractivity contribution in [1.29, 1.82) is 0 Å². The van der Waals surface area contributed by atoms with Crippen molar-refractivity contribution in [2.24, 2.45) is 0 Å². The third kappa shape index (κ3) is 3.82. The fourth-order valence-corrected chi connectivity index (χ4v) is 3.53. The summed E-state index contributed by atoms with van der Waals surface area (Å²) in [5.74, 6) is 1.29.